The van der Waals surface area contributed by atoms with Crippen LogP contribution in [-0.2, 0) is 11.2 Å². The van der Waals surface area contributed by atoms with Gasteiger partial charge in [-0.15, -0.1) is 0 Å². The summed E-state index contributed by atoms with van der Waals surface area (Å²) in [4.78, 5) is 13.3. The molecule has 1 aromatic heterocycles. The summed E-state index contributed by atoms with van der Waals surface area (Å²) in [7, 11) is 1.54. The minimum Gasteiger partial charge on any atom is -0.496 e. The summed E-state index contributed by atoms with van der Waals surface area (Å²) >= 11 is 0. The van der Waals surface area contributed by atoms with Gasteiger partial charge >= 0.3 is 0 Å². The largest absolute Gasteiger partial charge is 0.496 e. The Morgan fingerprint density at radius 3 is 2.71 bits per heavy atom. The summed E-state index contributed by atoms with van der Waals surface area (Å²) in [6.07, 6.45) is 2.12. The second-order valence-corrected chi connectivity index (χ2v) is 9.11. The van der Waals surface area contributed by atoms with Crippen LogP contribution in [0, 0.1) is 11.2 Å². The lowest BCUT2D eigenvalue weighted by atomic mass is 9.64. The SMILES string of the molecule is COc1cc(F)ccc1[C@H]1C2=C(Cc3[nH]nc(C(C)C)c31)CC(C)(C)CC2=O. The van der Waals surface area contributed by atoms with Crippen molar-refractivity contribution in [3.8, 4) is 5.75 Å². The van der Waals surface area contributed by atoms with Gasteiger partial charge in [-0.05, 0) is 23.8 Å². The first kappa shape index (κ1) is 18.9. The molecule has 0 aliphatic heterocycles. The van der Waals surface area contributed by atoms with E-state index in [9.17, 15) is 9.18 Å². The van der Waals surface area contributed by atoms with Crippen LogP contribution < -0.4 is 4.74 Å². The Morgan fingerprint density at radius 1 is 1.29 bits per heavy atom. The van der Waals surface area contributed by atoms with Crippen LogP contribution in [0.3, 0.4) is 0 Å². The molecule has 0 radical (unpaired) electrons. The summed E-state index contributed by atoms with van der Waals surface area (Å²) in [5.41, 5.74) is 5.90. The van der Waals surface area contributed by atoms with Crippen LogP contribution in [0.5, 0.6) is 5.75 Å². The van der Waals surface area contributed by atoms with E-state index in [4.69, 9.17) is 4.74 Å². The summed E-state index contributed by atoms with van der Waals surface area (Å²) < 4.78 is 19.4. The van der Waals surface area contributed by atoms with E-state index < -0.39 is 0 Å². The van der Waals surface area contributed by atoms with E-state index in [1.54, 1.807) is 13.2 Å². The molecule has 0 amide bonds. The molecule has 5 heteroatoms. The lowest BCUT2D eigenvalue weighted by Crippen LogP contribution is -2.32. The molecule has 1 heterocycles. The number of nitrogens with one attached hydrogen (secondary N) is 1. The fourth-order valence-corrected chi connectivity index (χ4v) is 4.88. The molecule has 2 aromatic rings. The summed E-state index contributed by atoms with van der Waals surface area (Å²) in [5, 5.41) is 7.81. The Labute approximate surface area is 165 Å². The van der Waals surface area contributed by atoms with Crippen LogP contribution in [0.4, 0.5) is 4.39 Å². The third-order valence-corrected chi connectivity index (χ3v) is 5.95. The highest BCUT2D eigenvalue weighted by molar-refractivity contribution is 6.00. The molecule has 0 unspecified atom stereocenters. The maximum atomic E-state index is 13.9. The van der Waals surface area contributed by atoms with Gasteiger partial charge in [0.25, 0.3) is 0 Å². The van der Waals surface area contributed by atoms with Gasteiger partial charge in [-0.2, -0.15) is 5.10 Å². The molecule has 1 N–H and O–H groups in total. The maximum Gasteiger partial charge on any atom is 0.160 e. The van der Waals surface area contributed by atoms with Crippen molar-refractivity contribution in [2.24, 2.45) is 5.41 Å². The molecular formula is C23H27FN2O2. The fraction of sp³-hybridized carbons (Fsp3) is 0.478. The summed E-state index contributed by atoms with van der Waals surface area (Å²) in [6.45, 7) is 8.49. The topological polar surface area (TPSA) is 55.0 Å². The van der Waals surface area contributed by atoms with Gasteiger partial charge in [-0.25, -0.2) is 4.39 Å². The zero-order valence-electron chi connectivity index (χ0n) is 17.1. The Kier molecular flexibility index (Phi) is 4.44. The number of halogens is 1. The number of H-pyrrole nitrogens is 1. The van der Waals surface area contributed by atoms with Gasteiger partial charge < -0.3 is 4.74 Å². The van der Waals surface area contributed by atoms with Crippen LogP contribution in [-0.4, -0.2) is 23.1 Å². The highest BCUT2D eigenvalue weighted by atomic mass is 19.1. The molecule has 4 nitrogen and oxygen atoms in total. The molecule has 148 valence electrons. The molecule has 0 bridgehead atoms. The number of fused-ring (bicyclic) bond motifs is 1. The molecule has 0 saturated heterocycles. The minimum atomic E-state index is -0.349. The monoisotopic (exact) mass is 382 g/mol. The van der Waals surface area contributed by atoms with Crippen molar-refractivity contribution in [1.29, 1.82) is 0 Å². The number of aromatic amines is 1. The summed E-state index contributed by atoms with van der Waals surface area (Å²) in [5.74, 6) is 0.251. The second kappa shape index (κ2) is 6.57. The molecule has 1 atom stereocenters. The molecule has 0 saturated carbocycles. The quantitative estimate of drug-likeness (QED) is 0.808. The van der Waals surface area contributed by atoms with Crippen molar-refractivity contribution in [2.75, 3.05) is 7.11 Å². The molecule has 4 rings (SSSR count). The van der Waals surface area contributed by atoms with Crippen molar-refractivity contribution in [3.63, 3.8) is 0 Å². The number of allylic oxidation sites excluding steroid dienone is 2. The molecule has 1 aromatic carbocycles. The van der Waals surface area contributed by atoms with Crippen molar-refractivity contribution in [3.05, 3.63) is 57.7 Å². The van der Waals surface area contributed by atoms with Crippen LogP contribution in [0.1, 0.15) is 74.9 Å². The first-order valence-electron chi connectivity index (χ1n) is 9.87. The van der Waals surface area contributed by atoms with Gasteiger partial charge in [0.15, 0.2) is 5.78 Å². The van der Waals surface area contributed by atoms with E-state index in [0.29, 0.717) is 12.2 Å². The molecule has 2 aliphatic rings. The van der Waals surface area contributed by atoms with Crippen LogP contribution in [0.25, 0.3) is 0 Å². The lowest BCUT2D eigenvalue weighted by Gasteiger charge is -2.38. The van der Waals surface area contributed by atoms with Gasteiger partial charge in [-0.3, -0.25) is 9.89 Å². The number of hydrogen-bond donors (Lipinski definition) is 1. The standard InChI is InChI=1S/C23H27FN2O2/c1-12(2)22-21-16(25-26-22)8-13-10-23(3,4)11-17(27)19(13)20(21)15-7-6-14(24)9-18(15)28-5/h6-7,9,12,20H,8,10-11H2,1-5H3,(H,25,26)/t20-/m0/s1. The number of carbonyl (C=O) groups excluding carboxylic acids is 1. The van der Waals surface area contributed by atoms with E-state index >= 15 is 0 Å². The number of ether oxygens (including phenoxy) is 1. The molecule has 2 aliphatic carbocycles. The molecule has 28 heavy (non-hydrogen) atoms. The predicted octanol–water partition coefficient (Wildman–Crippen LogP) is 5.05. The van der Waals surface area contributed by atoms with Gasteiger partial charge in [-0.1, -0.05) is 39.3 Å². The zero-order valence-corrected chi connectivity index (χ0v) is 17.1. The highest BCUT2D eigenvalue weighted by Crippen LogP contribution is 2.51. The predicted molar refractivity (Wildman–Crippen MR) is 106 cm³/mol. The minimum absolute atomic E-state index is 0.0498. The second-order valence-electron chi connectivity index (χ2n) is 9.11. The first-order valence-corrected chi connectivity index (χ1v) is 9.87. The lowest BCUT2D eigenvalue weighted by molar-refractivity contribution is -0.118. The number of Topliss-reactive ketones (excluding diaryl/α,β-unsaturated/α-hetero) is 1. The Morgan fingerprint density at radius 2 is 2.04 bits per heavy atom. The van der Waals surface area contributed by atoms with Crippen LogP contribution in [0.2, 0.25) is 0 Å². The number of nitrogens with zero attached hydrogens (tertiary/aromatic N) is 1. The number of carbonyl (C=O) groups is 1. The summed E-state index contributed by atoms with van der Waals surface area (Å²) in [6, 6.07) is 4.59. The smallest absolute Gasteiger partial charge is 0.160 e. The number of methoxy groups -OCH3 is 1. The van der Waals surface area contributed by atoms with Gasteiger partial charge in [0.1, 0.15) is 11.6 Å². The molecule has 0 fully saturated rings. The first-order chi connectivity index (χ1) is 13.2. The average Bonchev–Trinajstić information content (AvgIpc) is 3.02. The Hall–Kier alpha value is -2.43. The number of hydrogen-bond acceptors (Lipinski definition) is 3. The van der Waals surface area contributed by atoms with Crippen molar-refractivity contribution in [1.82, 2.24) is 10.2 Å². The van der Waals surface area contributed by atoms with Crippen LogP contribution >= 0.6 is 0 Å². The van der Waals surface area contributed by atoms with Gasteiger partial charge in [0, 0.05) is 47.2 Å². The van der Waals surface area contributed by atoms with Gasteiger partial charge in [0.05, 0.1) is 12.8 Å². The average molecular weight is 382 g/mol. The number of benzene rings is 1. The Bertz CT molecular complexity index is 984. The van der Waals surface area contributed by atoms with E-state index in [0.717, 1.165) is 40.9 Å². The third kappa shape index (κ3) is 2.97. The highest BCUT2D eigenvalue weighted by Gasteiger charge is 2.43. The number of rotatable bonds is 3. The fourth-order valence-electron chi connectivity index (χ4n) is 4.88. The van der Waals surface area contributed by atoms with Crippen molar-refractivity contribution in [2.45, 2.75) is 58.8 Å². The third-order valence-electron chi connectivity index (χ3n) is 5.95. The van der Waals surface area contributed by atoms with Crippen molar-refractivity contribution >= 4 is 5.78 Å². The van der Waals surface area contributed by atoms with E-state index in [1.807, 2.05) is 0 Å². The van der Waals surface area contributed by atoms with E-state index in [2.05, 4.69) is 37.9 Å². The molecule has 0 spiro atoms. The van der Waals surface area contributed by atoms with E-state index in [1.165, 1.54) is 17.7 Å². The number of aromatic nitrogens is 2. The Balaban J connectivity index is 1.99. The van der Waals surface area contributed by atoms with Crippen LogP contribution in [0.15, 0.2) is 29.3 Å². The molecular weight excluding hydrogens is 355 g/mol. The van der Waals surface area contributed by atoms with Gasteiger partial charge in [0.2, 0.25) is 0 Å². The zero-order chi connectivity index (χ0) is 20.2. The number of ketones is 1. The normalized spacial score (nSPS) is 21.0. The van der Waals surface area contributed by atoms with Crippen molar-refractivity contribution < 1.29 is 13.9 Å². The maximum absolute atomic E-state index is 13.9. The van der Waals surface area contributed by atoms with E-state index in [-0.39, 0.29) is 28.9 Å².